The smallest absolute Gasteiger partial charge is 0.139 e. The number of hydrogen-bond acceptors (Lipinski definition) is 5. The largest absolute Gasteiger partial charge is 0.353 e. The fraction of sp³-hybridized carbons (Fsp3) is 0.286. The molecule has 130 valence electrons. The van der Waals surface area contributed by atoms with E-state index in [1.54, 1.807) is 6.33 Å². The van der Waals surface area contributed by atoms with Crippen molar-refractivity contribution in [3.63, 3.8) is 0 Å². The van der Waals surface area contributed by atoms with Gasteiger partial charge in [0.1, 0.15) is 12.1 Å². The Labute approximate surface area is 153 Å². The highest BCUT2D eigenvalue weighted by molar-refractivity contribution is 5.94. The summed E-state index contributed by atoms with van der Waals surface area (Å²) in [5.74, 6) is 1.05. The van der Waals surface area contributed by atoms with Crippen LogP contribution in [0, 0.1) is 0 Å². The number of pyridine rings is 1. The van der Waals surface area contributed by atoms with Gasteiger partial charge in [0.25, 0.3) is 0 Å². The number of piperazine rings is 1. The number of benzene rings is 1. The van der Waals surface area contributed by atoms with Gasteiger partial charge in [-0.3, -0.25) is 4.98 Å². The zero-order valence-electron chi connectivity index (χ0n) is 14.9. The molecule has 1 saturated heterocycles. The molecule has 2 aliphatic rings. The Morgan fingerprint density at radius 1 is 0.962 bits per heavy atom. The standard InChI is InChI=1S/C21H21N5/c1-25-9-11-26(12-10-25)21-18-13-15(4-6-20(18)23-14-24-21)16-5-7-19-17(16)3-2-8-22-19/h2-6,8,13-14H,7,9-12H2,1H3. The lowest BCUT2D eigenvalue weighted by Gasteiger charge is -2.33. The second kappa shape index (κ2) is 6.18. The van der Waals surface area contributed by atoms with Gasteiger partial charge >= 0.3 is 0 Å². The molecule has 1 fully saturated rings. The second-order valence-electron chi connectivity index (χ2n) is 7.04. The van der Waals surface area contributed by atoms with Crippen molar-refractivity contribution in [3.05, 3.63) is 65.8 Å². The molecular weight excluding hydrogens is 322 g/mol. The van der Waals surface area contributed by atoms with Gasteiger partial charge in [-0.25, -0.2) is 9.97 Å². The lowest BCUT2D eigenvalue weighted by molar-refractivity contribution is 0.312. The number of aromatic nitrogens is 3. The molecule has 1 aromatic carbocycles. The van der Waals surface area contributed by atoms with Crippen molar-refractivity contribution in [1.29, 1.82) is 0 Å². The van der Waals surface area contributed by atoms with Crippen LogP contribution in [-0.4, -0.2) is 53.1 Å². The highest BCUT2D eigenvalue weighted by atomic mass is 15.3. The third-order valence-electron chi connectivity index (χ3n) is 5.41. The van der Waals surface area contributed by atoms with Gasteiger partial charge in [0.05, 0.1) is 11.2 Å². The summed E-state index contributed by atoms with van der Waals surface area (Å²) in [5, 5.41) is 1.13. The van der Waals surface area contributed by atoms with E-state index in [-0.39, 0.29) is 0 Å². The average molecular weight is 343 g/mol. The van der Waals surface area contributed by atoms with Crippen LogP contribution in [0.2, 0.25) is 0 Å². The predicted octanol–water partition coefficient (Wildman–Crippen LogP) is 2.76. The van der Waals surface area contributed by atoms with Crippen molar-refractivity contribution in [2.75, 3.05) is 38.1 Å². The number of rotatable bonds is 2. The molecule has 3 aromatic rings. The van der Waals surface area contributed by atoms with E-state index >= 15 is 0 Å². The maximum Gasteiger partial charge on any atom is 0.139 e. The molecule has 0 unspecified atom stereocenters. The van der Waals surface area contributed by atoms with Gasteiger partial charge in [-0.15, -0.1) is 0 Å². The number of anilines is 1. The minimum atomic E-state index is 0.903. The van der Waals surface area contributed by atoms with E-state index in [1.807, 2.05) is 12.3 Å². The molecule has 3 heterocycles. The lowest BCUT2D eigenvalue weighted by Crippen LogP contribution is -2.44. The molecule has 0 saturated carbocycles. The zero-order chi connectivity index (χ0) is 17.5. The van der Waals surface area contributed by atoms with Crippen LogP contribution in [-0.2, 0) is 6.42 Å². The van der Waals surface area contributed by atoms with Crippen LogP contribution in [0.3, 0.4) is 0 Å². The summed E-state index contributed by atoms with van der Waals surface area (Å²) in [6.07, 6.45) is 6.73. The first-order valence-electron chi connectivity index (χ1n) is 9.13. The van der Waals surface area contributed by atoms with Crippen LogP contribution in [0.5, 0.6) is 0 Å². The lowest BCUT2D eigenvalue weighted by atomic mass is 9.99. The fourth-order valence-electron chi connectivity index (χ4n) is 3.91. The molecular formula is C21H21N5. The van der Waals surface area contributed by atoms with Gasteiger partial charge in [0.2, 0.25) is 0 Å². The van der Waals surface area contributed by atoms with Crippen molar-refractivity contribution in [1.82, 2.24) is 19.9 Å². The highest BCUT2D eigenvalue weighted by Gasteiger charge is 2.20. The van der Waals surface area contributed by atoms with E-state index in [0.29, 0.717) is 0 Å². The fourth-order valence-corrected chi connectivity index (χ4v) is 3.91. The zero-order valence-corrected chi connectivity index (χ0v) is 14.9. The van der Waals surface area contributed by atoms with E-state index in [1.165, 1.54) is 16.7 Å². The van der Waals surface area contributed by atoms with E-state index in [2.05, 4.69) is 62.1 Å². The number of allylic oxidation sites excluding steroid dienone is 1. The molecule has 0 bridgehead atoms. The second-order valence-corrected chi connectivity index (χ2v) is 7.04. The molecule has 0 amide bonds. The Kier molecular flexibility index (Phi) is 3.68. The monoisotopic (exact) mass is 343 g/mol. The third kappa shape index (κ3) is 2.56. The average Bonchev–Trinajstić information content (AvgIpc) is 3.12. The molecule has 1 aliphatic carbocycles. The Morgan fingerprint density at radius 2 is 1.85 bits per heavy atom. The van der Waals surface area contributed by atoms with Crippen LogP contribution >= 0.6 is 0 Å². The molecule has 0 atom stereocenters. The van der Waals surface area contributed by atoms with Crippen molar-refractivity contribution in [2.45, 2.75) is 6.42 Å². The Balaban J connectivity index is 1.58. The molecule has 0 spiro atoms. The summed E-state index contributed by atoms with van der Waals surface area (Å²) in [7, 11) is 2.17. The Morgan fingerprint density at radius 3 is 2.73 bits per heavy atom. The van der Waals surface area contributed by atoms with E-state index in [4.69, 9.17) is 0 Å². The SMILES string of the molecule is CN1CCN(c2ncnc3ccc(C4=CCc5ncccc54)cc23)CC1. The van der Waals surface area contributed by atoms with Gasteiger partial charge < -0.3 is 9.80 Å². The number of nitrogens with zero attached hydrogens (tertiary/aromatic N) is 5. The summed E-state index contributed by atoms with van der Waals surface area (Å²) in [6, 6.07) is 10.7. The maximum atomic E-state index is 4.63. The molecule has 5 rings (SSSR count). The summed E-state index contributed by atoms with van der Waals surface area (Å²) >= 11 is 0. The normalized spacial score (nSPS) is 17.4. The van der Waals surface area contributed by atoms with Gasteiger partial charge in [-0.1, -0.05) is 18.2 Å². The highest BCUT2D eigenvalue weighted by Crippen LogP contribution is 2.34. The van der Waals surface area contributed by atoms with Gasteiger partial charge in [-0.2, -0.15) is 0 Å². The quantitative estimate of drug-likeness (QED) is 0.716. The van der Waals surface area contributed by atoms with Gasteiger partial charge in [-0.05, 0) is 36.4 Å². The summed E-state index contributed by atoms with van der Waals surface area (Å²) in [6.45, 7) is 4.13. The summed E-state index contributed by atoms with van der Waals surface area (Å²) in [5.41, 5.74) is 5.89. The van der Waals surface area contributed by atoms with Crippen molar-refractivity contribution >= 4 is 22.3 Å². The van der Waals surface area contributed by atoms with E-state index in [0.717, 1.165) is 55.0 Å². The topological polar surface area (TPSA) is 45.2 Å². The predicted molar refractivity (Wildman–Crippen MR) is 104 cm³/mol. The Bertz CT molecular complexity index is 1000. The molecule has 5 nitrogen and oxygen atoms in total. The minimum absolute atomic E-state index is 0.903. The first kappa shape index (κ1) is 15.5. The summed E-state index contributed by atoms with van der Waals surface area (Å²) < 4.78 is 0. The van der Waals surface area contributed by atoms with Crippen molar-refractivity contribution < 1.29 is 0 Å². The molecule has 1 aliphatic heterocycles. The van der Waals surface area contributed by atoms with Crippen LogP contribution in [0.4, 0.5) is 5.82 Å². The third-order valence-corrected chi connectivity index (χ3v) is 5.41. The van der Waals surface area contributed by atoms with Crippen LogP contribution in [0.1, 0.15) is 16.8 Å². The first-order chi connectivity index (χ1) is 12.8. The van der Waals surface area contributed by atoms with Crippen LogP contribution in [0.25, 0.3) is 16.5 Å². The van der Waals surface area contributed by atoms with Gasteiger partial charge in [0, 0.05) is 49.7 Å². The van der Waals surface area contributed by atoms with E-state index in [9.17, 15) is 0 Å². The van der Waals surface area contributed by atoms with Crippen molar-refractivity contribution in [3.8, 4) is 0 Å². The minimum Gasteiger partial charge on any atom is -0.353 e. The number of hydrogen-bond donors (Lipinski definition) is 0. The van der Waals surface area contributed by atoms with E-state index < -0.39 is 0 Å². The number of fused-ring (bicyclic) bond motifs is 2. The van der Waals surface area contributed by atoms with Crippen LogP contribution < -0.4 is 4.90 Å². The van der Waals surface area contributed by atoms with Gasteiger partial charge in [0.15, 0.2) is 0 Å². The number of likely N-dealkylation sites (N-methyl/N-ethyl adjacent to an activating group) is 1. The van der Waals surface area contributed by atoms with Crippen LogP contribution in [0.15, 0.2) is 48.9 Å². The molecule has 0 N–H and O–H groups in total. The summed E-state index contributed by atoms with van der Waals surface area (Å²) in [4.78, 5) is 18.4. The Hall–Kier alpha value is -2.79. The maximum absolute atomic E-state index is 4.63. The van der Waals surface area contributed by atoms with Crippen molar-refractivity contribution in [2.24, 2.45) is 0 Å². The molecule has 0 radical (unpaired) electrons. The molecule has 2 aromatic heterocycles. The molecule has 5 heteroatoms. The first-order valence-corrected chi connectivity index (χ1v) is 9.13. The molecule has 26 heavy (non-hydrogen) atoms.